The van der Waals surface area contributed by atoms with Crippen LogP contribution in [0.2, 0.25) is 10.0 Å². The van der Waals surface area contributed by atoms with Gasteiger partial charge in [0, 0.05) is 10.0 Å². The largest absolute Gasteiger partial charge is 0.290 e. The second-order valence-corrected chi connectivity index (χ2v) is 4.53. The maximum absolute atomic E-state index is 11.1. The molecule has 3 heteroatoms. The molecule has 1 nitrogen and oxygen atoms in total. The van der Waals surface area contributed by atoms with Crippen LogP contribution in [0.25, 0.3) is 0 Å². The Morgan fingerprint density at radius 1 is 0.765 bits per heavy atom. The first-order valence-electron chi connectivity index (χ1n) is 5.09. The summed E-state index contributed by atoms with van der Waals surface area (Å²) in [6, 6.07) is 14.3. The Bertz CT molecular complexity index is 457. The third-order valence-electron chi connectivity index (χ3n) is 2.52. The van der Waals surface area contributed by atoms with Crippen molar-refractivity contribution in [2.45, 2.75) is 5.92 Å². The van der Waals surface area contributed by atoms with Gasteiger partial charge in [-0.25, -0.2) is 0 Å². The SMILES string of the molecule is O=[C]C(c1ccc(Cl)cc1)c1ccc(Cl)cc1. The molecule has 2 aromatic carbocycles. The quantitative estimate of drug-likeness (QED) is 0.810. The summed E-state index contributed by atoms with van der Waals surface area (Å²) in [5.41, 5.74) is 1.73. The number of hydrogen-bond acceptors (Lipinski definition) is 1. The Kier molecular flexibility index (Phi) is 3.82. The van der Waals surface area contributed by atoms with E-state index in [0.29, 0.717) is 10.0 Å². The van der Waals surface area contributed by atoms with E-state index < -0.39 is 5.92 Å². The van der Waals surface area contributed by atoms with Crippen molar-refractivity contribution in [1.82, 2.24) is 0 Å². The zero-order valence-electron chi connectivity index (χ0n) is 8.86. The van der Waals surface area contributed by atoms with Gasteiger partial charge in [-0.3, -0.25) is 4.79 Å². The van der Waals surface area contributed by atoms with Crippen molar-refractivity contribution < 1.29 is 4.79 Å². The van der Waals surface area contributed by atoms with Crippen LogP contribution in [-0.2, 0) is 4.79 Å². The van der Waals surface area contributed by atoms with Crippen LogP contribution in [-0.4, -0.2) is 6.29 Å². The summed E-state index contributed by atoms with van der Waals surface area (Å²) in [4.78, 5) is 11.1. The van der Waals surface area contributed by atoms with Crippen LogP contribution in [0.5, 0.6) is 0 Å². The molecule has 0 atom stereocenters. The van der Waals surface area contributed by atoms with Gasteiger partial charge in [-0.1, -0.05) is 47.5 Å². The first-order valence-corrected chi connectivity index (χ1v) is 5.85. The van der Waals surface area contributed by atoms with E-state index in [0.717, 1.165) is 11.1 Å². The fraction of sp³-hybridized carbons (Fsp3) is 0.0714. The van der Waals surface area contributed by atoms with Crippen LogP contribution >= 0.6 is 23.2 Å². The fourth-order valence-electron chi connectivity index (χ4n) is 1.64. The lowest BCUT2D eigenvalue weighted by atomic mass is 9.93. The van der Waals surface area contributed by atoms with Crippen molar-refractivity contribution in [2.24, 2.45) is 0 Å². The second-order valence-electron chi connectivity index (χ2n) is 3.65. The molecular weight excluding hydrogens is 255 g/mol. The van der Waals surface area contributed by atoms with Gasteiger partial charge in [-0.15, -0.1) is 0 Å². The summed E-state index contributed by atoms with van der Waals surface area (Å²) in [7, 11) is 0. The topological polar surface area (TPSA) is 17.1 Å². The van der Waals surface area contributed by atoms with Crippen LogP contribution in [0.1, 0.15) is 17.0 Å². The van der Waals surface area contributed by atoms with E-state index in [1.165, 1.54) is 0 Å². The van der Waals surface area contributed by atoms with Crippen LogP contribution in [0.4, 0.5) is 0 Å². The summed E-state index contributed by atoms with van der Waals surface area (Å²) in [5.74, 6) is -0.399. The summed E-state index contributed by atoms with van der Waals surface area (Å²) in [6.07, 6.45) is 2.04. The molecule has 85 valence electrons. The first kappa shape index (κ1) is 12.2. The highest BCUT2D eigenvalue weighted by atomic mass is 35.5. The van der Waals surface area contributed by atoms with E-state index in [4.69, 9.17) is 23.2 Å². The minimum absolute atomic E-state index is 0.399. The normalized spacial score (nSPS) is 10.5. The molecule has 17 heavy (non-hydrogen) atoms. The molecule has 0 N–H and O–H groups in total. The Morgan fingerprint density at radius 3 is 1.41 bits per heavy atom. The Balaban J connectivity index is 2.36. The molecular formula is C14H9Cl2O. The van der Waals surface area contributed by atoms with Gasteiger partial charge in [0.15, 0.2) is 0 Å². The lowest BCUT2D eigenvalue weighted by Gasteiger charge is -2.10. The van der Waals surface area contributed by atoms with Gasteiger partial charge < -0.3 is 0 Å². The van der Waals surface area contributed by atoms with Gasteiger partial charge in [-0.2, -0.15) is 0 Å². The van der Waals surface area contributed by atoms with Crippen molar-refractivity contribution in [3.63, 3.8) is 0 Å². The summed E-state index contributed by atoms with van der Waals surface area (Å²) in [5, 5.41) is 1.30. The molecule has 0 aromatic heterocycles. The highest BCUT2D eigenvalue weighted by Crippen LogP contribution is 2.25. The van der Waals surface area contributed by atoms with Crippen molar-refractivity contribution in [1.29, 1.82) is 0 Å². The number of hydrogen-bond donors (Lipinski definition) is 0. The van der Waals surface area contributed by atoms with Crippen LogP contribution < -0.4 is 0 Å². The molecule has 1 radical (unpaired) electrons. The minimum atomic E-state index is -0.399. The fourth-order valence-corrected chi connectivity index (χ4v) is 1.89. The number of benzene rings is 2. The standard InChI is InChI=1S/C14H9Cl2O/c15-12-5-1-10(2-6-12)14(9-17)11-3-7-13(16)8-4-11/h1-8,14H. The lowest BCUT2D eigenvalue weighted by molar-refractivity contribution is 0.549. The molecule has 0 aliphatic heterocycles. The molecule has 0 spiro atoms. The van der Waals surface area contributed by atoms with Gasteiger partial charge in [-0.05, 0) is 35.4 Å². The van der Waals surface area contributed by atoms with Crippen LogP contribution in [0.15, 0.2) is 48.5 Å². The van der Waals surface area contributed by atoms with E-state index in [1.54, 1.807) is 24.3 Å². The van der Waals surface area contributed by atoms with Gasteiger partial charge in [0.2, 0.25) is 6.29 Å². The Morgan fingerprint density at radius 2 is 1.12 bits per heavy atom. The predicted octanol–water partition coefficient (Wildman–Crippen LogP) is 4.24. The highest BCUT2D eigenvalue weighted by Gasteiger charge is 2.13. The molecule has 0 aliphatic rings. The Labute approximate surface area is 110 Å². The molecule has 2 aromatic rings. The van der Waals surface area contributed by atoms with Gasteiger partial charge in [0.05, 0.1) is 5.92 Å². The average Bonchev–Trinajstić information content (AvgIpc) is 2.35. The zero-order valence-corrected chi connectivity index (χ0v) is 10.4. The molecule has 0 saturated heterocycles. The molecule has 0 fully saturated rings. The molecule has 0 amide bonds. The van der Waals surface area contributed by atoms with Crippen LogP contribution in [0.3, 0.4) is 0 Å². The summed E-state index contributed by atoms with van der Waals surface area (Å²) in [6.45, 7) is 0. The monoisotopic (exact) mass is 263 g/mol. The average molecular weight is 264 g/mol. The van der Waals surface area contributed by atoms with Crippen molar-refractivity contribution in [2.75, 3.05) is 0 Å². The molecule has 0 bridgehead atoms. The van der Waals surface area contributed by atoms with Crippen molar-refractivity contribution in [3.8, 4) is 0 Å². The van der Waals surface area contributed by atoms with E-state index >= 15 is 0 Å². The molecule has 2 rings (SSSR count). The Hall–Kier alpha value is -1.31. The summed E-state index contributed by atoms with van der Waals surface area (Å²) >= 11 is 11.6. The third kappa shape index (κ3) is 2.87. The third-order valence-corrected chi connectivity index (χ3v) is 3.03. The maximum Gasteiger partial charge on any atom is 0.211 e. The van der Waals surface area contributed by atoms with Crippen LogP contribution in [0, 0.1) is 0 Å². The molecule has 0 aliphatic carbocycles. The summed E-state index contributed by atoms with van der Waals surface area (Å²) < 4.78 is 0. The highest BCUT2D eigenvalue weighted by molar-refractivity contribution is 6.30. The zero-order chi connectivity index (χ0) is 12.3. The molecule has 0 saturated carbocycles. The molecule has 0 heterocycles. The van der Waals surface area contributed by atoms with Gasteiger partial charge in [0.25, 0.3) is 0 Å². The van der Waals surface area contributed by atoms with E-state index in [2.05, 4.69) is 0 Å². The van der Waals surface area contributed by atoms with E-state index in [9.17, 15) is 4.79 Å². The first-order chi connectivity index (χ1) is 8.20. The lowest BCUT2D eigenvalue weighted by Crippen LogP contribution is -2.01. The number of rotatable bonds is 3. The molecule has 0 unspecified atom stereocenters. The second kappa shape index (κ2) is 5.35. The minimum Gasteiger partial charge on any atom is -0.290 e. The van der Waals surface area contributed by atoms with Crippen molar-refractivity contribution >= 4 is 29.5 Å². The van der Waals surface area contributed by atoms with Crippen molar-refractivity contribution in [3.05, 3.63) is 69.7 Å². The predicted molar refractivity (Wildman–Crippen MR) is 70.4 cm³/mol. The van der Waals surface area contributed by atoms with Gasteiger partial charge in [0.1, 0.15) is 0 Å². The van der Waals surface area contributed by atoms with E-state index in [-0.39, 0.29) is 0 Å². The smallest absolute Gasteiger partial charge is 0.211 e. The van der Waals surface area contributed by atoms with Gasteiger partial charge >= 0.3 is 0 Å². The number of carbonyl (C=O) groups excluding carboxylic acids is 1. The number of halogens is 2. The maximum atomic E-state index is 11.1. The van der Waals surface area contributed by atoms with E-state index in [1.807, 2.05) is 30.6 Å².